The molecule has 0 amide bonds. The van der Waals surface area contributed by atoms with E-state index in [4.69, 9.17) is 0 Å². The molecule has 0 aliphatic carbocycles. The SMILES string of the molecule is CCN1CCc2nc3ccc(F)cc3c(C=O)c2C1. The van der Waals surface area contributed by atoms with Crippen LogP contribution in [-0.2, 0) is 13.0 Å². The summed E-state index contributed by atoms with van der Waals surface area (Å²) in [4.78, 5) is 18.3. The van der Waals surface area contributed by atoms with E-state index in [0.717, 1.165) is 43.6 Å². The Kier molecular flexibility index (Phi) is 3.03. The number of likely N-dealkylation sites (N-methyl/N-ethyl adjacent to an activating group) is 1. The predicted octanol–water partition coefficient (Wildman–Crippen LogP) is 2.56. The maximum absolute atomic E-state index is 13.4. The molecule has 0 atom stereocenters. The molecule has 3 rings (SSSR count). The molecular weight excluding hydrogens is 243 g/mol. The van der Waals surface area contributed by atoms with Crippen LogP contribution < -0.4 is 0 Å². The summed E-state index contributed by atoms with van der Waals surface area (Å²) >= 11 is 0. The first-order valence-electron chi connectivity index (χ1n) is 6.51. The number of aldehydes is 1. The maximum Gasteiger partial charge on any atom is 0.151 e. The van der Waals surface area contributed by atoms with Crippen LogP contribution in [0.15, 0.2) is 18.2 Å². The summed E-state index contributed by atoms with van der Waals surface area (Å²) < 4.78 is 13.4. The van der Waals surface area contributed by atoms with Crippen molar-refractivity contribution in [3.05, 3.63) is 40.8 Å². The van der Waals surface area contributed by atoms with Crippen molar-refractivity contribution in [3.63, 3.8) is 0 Å². The first-order chi connectivity index (χ1) is 9.22. The summed E-state index contributed by atoms with van der Waals surface area (Å²) in [6.45, 7) is 4.72. The van der Waals surface area contributed by atoms with Gasteiger partial charge in [-0.2, -0.15) is 0 Å². The van der Waals surface area contributed by atoms with Crippen LogP contribution >= 0.6 is 0 Å². The average molecular weight is 258 g/mol. The number of carbonyl (C=O) groups is 1. The topological polar surface area (TPSA) is 33.2 Å². The Morgan fingerprint density at radius 2 is 2.32 bits per heavy atom. The highest BCUT2D eigenvalue weighted by atomic mass is 19.1. The van der Waals surface area contributed by atoms with Gasteiger partial charge in [0.1, 0.15) is 5.82 Å². The number of rotatable bonds is 2. The minimum absolute atomic E-state index is 0.333. The molecule has 4 heteroatoms. The lowest BCUT2D eigenvalue weighted by molar-refractivity contribution is 0.112. The standard InChI is InChI=1S/C15H15FN2O/c1-2-18-6-5-15-12(8-18)13(9-19)11-7-10(16)3-4-14(11)17-15/h3-4,7,9H,2,5-6,8H2,1H3. The lowest BCUT2D eigenvalue weighted by Crippen LogP contribution is -2.31. The second kappa shape index (κ2) is 4.70. The second-order valence-corrected chi connectivity index (χ2v) is 4.85. The monoisotopic (exact) mass is 258 g/mol. The van der Waals surface area contributed by atoms with Gasteiger partial charge in [0.05, 0.1) is 5.52 Å². The zero-order chi connectivity index (χ0) is 13.4. The van der Waals surface area contributed by atoms with Crippen molar-refractivity contribution in [1.29, 1.82) is 0 Å². The summed E-state index contributed by atoms with van der Waals surface area (Å²) in [7, 11) is 0. The Hall–Kier alpha value is -1.81. The van der Waals surface area contributed by atoms with E-state index >= 15 is 0 Å². The van der Waals surface area contributed by atoms with Crippen LogP contribution in [0.25, 0.3) is 10.9 Å². The fourth-order valence-electron chi connectivity index (χ4n) is 2.71. The van der Waals surface area contributed by atoms with Crippen molar-refractivity contribution in [2.45, 2.75) is 19.9 Å². The zero-order valence-corrected chi connectivity index (χ0v) is 10.8. The zero-order valence-electron chi connectivity index (χ0n) is 10.8. The van der Waals surface area contributed by atoms with Crippen LogP contribution in [0.2, 0.25) is 0 Å². The number of benzene rings is 1. The van der Waals surface area contributed by atoms with Crippen LogP contribution in [0.5, 0.6) is 0 Å². The molecule has 0 radical (unpaired) electrons. The molecule has 0 bridgehead atoms. The molecule has 2 heterocycles. The third-order valence-corrected chi connectivity index (χ3v) is 3.79. The number of hydrogen-bond acceptors (Lipinski definition) is 3. The number of fused-ring (bicyclic) bond motifs is 2. The van der Waals surface area contributed by atoms with Crippen LogP contribution in [0.1, 0.15) is 28.5 Å². The van der Waals surface area contributed by atoms with Gasteiger partial charge in [-0.1, -0.05) is 6.92 Å². The van der Waals surface area contributed by atoms with E-state index in [1.54, 1.807) is 6.07 Å². The smallest absolute Gasteiger partial charge is 0.151 e. The first kappa shape index (κ1) is 12.2. The number of nitrogens with zero attached hydrogens (tertiary/aromatic N) is 2. The highest BCUT2D eigenvalue weighted by Crippen LogP contribution is 2.27. The van der Waals surface area contributed by atoms with E-state index in [1.807, 2.05) is 0 Å². The fraction of sp³-hybridized carbons (Fsp3) is 0.333. The van der Waals surface area contributed by atoms with Crippen molar-refractivity contribution in [2.24, 2.45) is 0 Å². The minimum atomic E-state index is -0.333. The number of halogens is 1. The normalized spacial score (nSPS) is 15.5. The number of carbonyl (C=O) groups excluding carboxylic acids is 1. The van der Waals surface area contributed by atoms with Gasteiger partial charge in [0.25, 0.3) is 0 Å². The van der Waals surface area contributed by atoms with Gasteiger partial charge in [-0.25, -0.2) is 4.39 Å². The third-order valence-electron chi connectivity index (χ3n) is 3.79. The average Bonchev–Trinajstić information content (AvgIpc) is 2.44. The van der Waals surface area contributed by atoms with Gasteiger partial charge >= 0.3 is 0 Å². The van der Waals surface area contributed by atoms with E-state index in [1.165, 1.54) is 12.1 Å². The van der Waals surface area contributed by atoms with E-state index in [0.29, 0.717) is 16.5 Å². The Balaban J connectivity index is 2.26. The molecule has 0 saturated heterocycles. The van der Waals surface area contributed by atoms with Crippen molar-refractivity contribution in [2.75, 3.05) is 13.1 Å². The van der Waals surface area contributed by atoms with Crippen LogP contribution in [0.3, 0.4) is 0 Å². The molecule has 1 aromatic carbocycles. The summed E-state index contributed by atoms with van der Waals surface area (Å²) in [5, 5.41) is 0.617. The number of hydrogen-bond donors (Lipinski definition) is 0. The van der Waals surface area contributed by atoms with Gasteiger partial charge in [0.15, 0.2) is 6.29 Å². The van der Waals surface area contributed by atoms with Gasteiger partial charge in [-0.15, -0.1) is 0 Å². The predicted molar refractivity (Wildman–Crippen MR) is 71.7 cm³/mol. The molecular formula is C15H15FN2O. The van der Waals surface area contributed by atoms with Crippen LogP contribution in [0.4, 0.5) is 4.39 Å². The number of aromatic nitrogens is 1. The lowest BCUT2D eigenvalue weighted by atomic mass is 9.96. The molecule has 0 unspecified atom stereocenters. The molecule has 2 aromatic rings. The maximum atomic E-state index is 13.4. The Labute approximate surface area is 111 Å². The minimum Gasteiger partial charge on any atom is -0.299 e. The van der Waals surface area contributed by atoms with Crippen molar-refractivity contribution < 1.29 is 9.18 Å². The van der Waals surface area contributed by atoms with E-state index in [-0.39, 0.29) is 5.82 Å². The quantitative estimate of drug-likeness (QED) is 0.776. The van der Waals surface area contributed by atoms with Crippen LogP contribution in [-0.4, -0.2) is 29.3 Å². The van der Waals surface area contributed by atoms with Gasteiger partial charge in [-0.05, 0) is 30.3 Å². The molecule has 1 aromatic heterocycles. The molecule has 0 fully saturated rings. The van der Waals surface area contributed by atoms with Gasteiger partial charge in [0, 0.05) is 36.2 Å². The second-order valence-electron chi connectivity index (χ2n) is 4.85. The summed E-state index contributed by atoms with van der Waals surface area (Å²) in [5.41, 5.74) is 3.23. The highest BCUT2D eigenvalue weighted by Gasteiger charge is 2.21. The van der Waals surface area contributed by atoms with Gasteiger partial charge < -0.3 is 0 Å². The highest BCUT2D eigenvalue weighted by molar-refractivity contribution is 5.98. The van der Waals surface area contributed by atoms with Crippen molar-refractivity contribution in [1.82, 2.24) is 9.88 Å². The molecule has 19 heavy (non-hydrogen) atoms. The molecule has 0 N–H and O–H groups in total. The molecule has 0 saturated carbocycles. The fourth-order valence-corrected chi connectivity index (χ4v) is 2.71. The molecule has 1 aliphatic rings. The van der Waals surface area contributed by atoms with E-state index in [2.05, 4.69) is 16.8 Å². The summed E-state index contributed by atoms with van der Waals surface area (Å²) in [6.07, 6.45) is 1.68. The van der Waals surface area contributed by atoms with Crippen molar-refractivity contribution >= 4 is 17.2 Å². The van der Waals surface area contributed by atoms with Gasteiger partial charge in [0.2, 0.25) is 0 Å². The molecule has 0 spiro atoms. The third kappa shape index (κ3) is 2.02. The first-order valence-corrected chi connectivity index (χ1v) is 6.51. The molecule has 3 nitrogen and oxygen atoms in total. The summed E-state index contributed by atoms with van der Waals surface area (Å²) in [6, 6.07) is 4.43. The Morgan fingerprint density at radius 3 is 3.05 bits per heavy atom. The molecule has 98 valence electrons. The van der Waals surface area contributed by atoms with Gasteiger partial charge in [-0.3, -0.25) is 14.7 Å². The van der Waals surface area contributed by atoms with E-state index in [9.17, 15) is 9.18 Å². The molecule has 1 aliphatic heterocycles. The summed E-state index contributed by atoms with van der Waals surface area (Å²) in [5.74, 6) is -0.333. The Morgan fingerprint density at radius 1 is 1.47 bits per heavy atom. The lowest BCUT2D eigenvalue weighted by Gasteiger charge is -2.28. The van der Waals surface area contributed by atoms with Crippen molar-refractivity contribution in [3.8, 4) is 0 Å². The number of pyridine rings is 1. The largest absolute Gasteiger partial charge is 0.299 e. The Bertz CT molecular complexity index is 654. The van der Waals surface area contributed by atoms with Crippen LogP contribution in [0, 0.1) is 5.82 Å². The van der Waals surface area contributed by atoms with E-state index < -0.39 is 0 Å².